The average Bonchev–Trinajstić information content (AvgIpc) is 2.51. The summed E-state index contributed by atoms with van der Waals surface area (Å²) in [5.41, 5.74) is 1.63. The van der Waals surface area contributed by atoms with Crippen LogP contribution in [0.5, 0.6) is 5.75 Å². The predicted octanol–water partition coefficient (Wildman–Crippen LogP) is 2.31. The zero-order chi connectivity index (χ0) is 12.6. The maximum absolute atomic E-state index is 10.1. The minimum absolute atomic E-state index is 0.221. The normalized spacial score (nSPS) is 18.6. The van der Waals surface area contributed by atoms with Crippen LogP contribution in [-0.4, -0.2) is 24.3 Å². The lowest BCUT2D eigenvalue weighted by atomic mass is 9.99. The summed E-state index contributed by atoms with van der Waals surface area (Å²) in [5, 5.41) is 13.7. The van der Waals surface area contributed by atoms with E-state index in [2.05, 4.69) is 5.32 Å². The first-order chi connectivity index (χ1) is 7.93. The van der Waals surface area contributed by atoms with Crippen molar-refractivity contribution in [3.8, 4) is 5.75 Å². The Hall–Kier alpha value is -0.770. The number of hydrogen-bond donors (Lipinski definition) is 2. The summed E-state index contributed by atoms with van der Waals surface area (Å²) in [6.45, 7) is 4.56. The summed E-state index contributed by atoms with van der Waals surface area (Å²) in [5.74, 6) is 0.794. The van der Waals surface area contributed by atoms with Gasteiger partial charge in [-0.3, -0.25) is 0 Å². The van der Waals surface area contributed by atoms with E-state index in [0.29, 0.717) is 11.6 Å². The third-order valence-corrected chi connectivity index (χ3v) is 3.13. The maximum Gasteiger partial charge on any atom is 0.129 e. The van der Waals surface area contributed by atoms with Crippen LogP contribution >= 0.6 is 11.6 Å². The Labute approximate surface area is 107 Å². The Morgan fingerprint density at radius 2 is 2.24 bits per heavy atom. The van der Waals surface area contributed by atoms with Crippen LogP contribution in [0.2, 0.25) is 5.02 Å². The van der Waals surface area contributed by atoms with Gasteiger partial charge >= 0.3 is 0 Å². The Bertz CT molecular complexity index is 432. The quantitative estimate of drug-likeness (QED) is 0.871. The van der Waals surface area contributed by atoms with Crippen molar-refractivity contribution in [1.82, 2.24) is 5.32 Å². The van der Waals surface area contributed by atoms with Crippen LogP contribution in [0.3, 0.4) is 0 Å². The van der Waals surface area contributed by atoms with E-state index in [1.807, 2.05) is 19.9 Å². The van der Waals surface area contributed by atoms with Crippen molar-refractivity contribution < 1.29 is 9.84 Å². The molecule has 1 aromatic rings. The summed E-state index contributed by atoms with van der Waals surface area (Å²) in [7, 11) is 1.80. The van der Waals surface area contributed by atoms with Crippen LogP contribution in [-0.2, 0) is 6.42 Å². The van der Waals surface area contributed by atoms with E-state index < -0.39 is 6.10 Å². The first kappa shape index (κ1) is 12.7. The van der Waals surface area contributed by atoms with Gasteiger partial charge in [0, 0.05) is 23.6 Å². The number of aliphatic hydroxyl groups excluding tert-OH is 1. The minimum Gasteiger partial charge on any atom is -0.487 e. The lowest BCUT2D eigenvalue weighted by Gasteiger charge is -2.20. The summed E-state index contributed by atoms with van der Waals surface area (Å²) in [4.78, 5) is 0. The Kier molecular flexibility index (Phi) is 3.34. The fourth-order valence-corrected chi connectivity index (χ4v) is 2.50. The van der Waals surface area contributed by atoms with Crippen LogP contribution in [0, 0.1) is 0 Å². The molecule has 1 aliphatic heterocycles. The second kappa shape index (κ2) is 4.48. The van der Waals surface area contributed by atoms with E-state index >= 15 is 0 Å². The zero-order valence-electron chi connectivity index (χ0n) is 10.4. The highest BCUT2D eigenvalue weighted by atomic mass is 35.5. The molecule has 1 aliphatic rings. The molecule has 2 N–H and O–H groups in total. The van der Waals surface area contributed by atoms with Gasteiger partial charge < -0.3 is 15.2 Å². The molecule has 1 heterocycles. The summed E-state index contributed by atoms with van der Waals surface area (Å²) < 4.78 is 5.90. The molecule has 0 aliphatic carbocycles. The van der Waals surface area contributed by atoms with Gasteiger partial charge in [0.25, 0.3) is 0 Å². The Morgan fingerprint density at radius 3 is 2.88 bits per heavy atom. The highest BCUT2D eigenvalue weighted by Gasteiger charge is 2.33. The highest BCUT2D eigenvalue weighted by molar-refractivity contribution is 6.30. The van der Waals surface area contributed by atoms with E-state index in [0.717, 1.165) is 23.3 Å². The molecule has 0 spiro atoms. The number of halogens is 1. The number of aliphatic hydroxyl groups is 1. The first-order valence-electron chi connectivity index (χ1n) is 5.77. The molecule has 0 saturated heterocycles. The second-order valence-corrected chi connectivity index (χ2v) is 5.53. The molecular weight excluding hydrogens is 238 g/mol. The molecule has 0 amide bonds. The fourth-order valence-electron chi connectivity index (χ4n) is 2.25. The van der Waals surface area contributed by atoms with Crippen LogP contribution < -0.4 is 10.1 Å². The predicted molar refractivity (Wildman–Crippen MR) is 68.7 cm³/mol. The van der Waals surface area contributed by atoms with Crippen LogP contribution in [0.15, 0.2) is 12.1 Å². The van der Waals surface area contributed by atoms with Crippen molar-refractivity contribution in [3.63, 3.8) is 0 Å². The molecule has 3 nitrogen and oxygen atoms in total. The third-order valence-electron chi connectivity index (χ3n) is 2.91. The van der Waals surface area contributed by atoms with E-state index in [4.69, 9.17) is 16.3 Å². The lowest BCUT2D eigenvalue weighted by Crippen LogP contribution is -2.25. The number of ether oxygens (including phenoxy) is 1. The van der Waals surface area contributed by atoms with Crippen molar-refractivity contribution in [3.05, 3.63) is 28.3 Å². The highest BCUT2D eigenvalue weighted by Crippen LogP contribution is 2.41. The van der Waals surface area contributed by atoms with Gasteiger partial charge in [-0.25, -0.2) is 0 Å². The lowest BCUT2D eigenvalue weighted by molar-refractivity contribution is 0.126. The van der Waals surface area contributed by atoms with Gasteiger partial charge in [0.05, 0.1) is 6.10 Å². The molecule has 0 radical (unpaired) electrons. The minimum atomic E-state index is -0.596. The standard InChI is InChI=1S/C13H18ClNO2/c1-13(2)6-8-4-9(14)5-10(12(8)17-13)11(16)7-15-3/h4-5,11,15-16H,6-7H2,1-3H3. The number of rotatable bonds is 3. The fraction of sp³-hybridized carbons (Fsp3) is 0.538. The molecule has 1 aromatic carbocycles. The van der Waals surface area contributed by atoms with Crippen LogP contribution in [0.25, 0.3) is 0 Å². The maximum atomic E-state index is 10.1. The van der Waals surface area contributed by atoms with Crippen molar-refractivity contribution >= 4 is 11.6 Å². The van der Waals surface area contributed by atoms with E-state index in [1.165, 1.54) is 0 Å². The van der Waals surface area contributed by atoms with Gasteiger partial charge in [0.2, 0.25) is 0 Å². The molecule has 94 valence electrons. The third kappa shape index (κ3) is 2.57. The molecule has 4 heteroatoms. The number of likely N-dealkylation sites (N-methyl/N-ethyl adjacent to an activating group) is 1. The molecule has 0 saturated carbocycles. The van der Waals surface area contributed by atoms with Gasteiger partial charge in [-0.2, -0.15) is 0 Å². The monoisotopic (exact) mass is 255 g/mol. The van der Waals surface area contributed by atoms with Gasteiger partial charge in [-0.1, -0.05) is 11.6 Å². The largest absolute Gasteiger partial charge is 0.487 e. The van der Waals surface area contributed by atoms with Crippen molar-refractivity contribution in [2.24, 2.45) is 0 Å². The number of benzene rings is 1. The number of fused-ring (bicyclic) bond motifs is 1. The van der Waals surface area contributed by atoms with Crippen LogP contribution in [0.1, 0.15) is 31.1 Å². The van der Waals surface area contributed by atoms with Crippen molar-refractivity contribution in [1.29, 1.82) is 0 Å². The smallest absolute Gasteiger partial charge is 0.129 e. The van der Waals surface area contributed by atoms with Gasteiger partial charge in [0.15, 0.2) is 0 Å². The van der Waals surface area contributed by atoms with Gasteiger partial charge in [-0.15, -0.1) is 0 Å². The zero-order valence-corrected chi connectivity index (χ0v) is 11.1. The molecule has 2 rings (SSSR count). The summed E-state index contributed by atoms with van der Waals surface area (Å²) in [6.07, 6.45) is 0.226. The van der Waals surface area contributed by atoms with E-state index in [9.17, 15) is 5.11 Å². The molecule has 1 unspecified atom stereocenters. The van der Waals surface area contributed by atoms with Crippen molar-refractivity contribution in [2.75, 3.05) is 13.6 Å². The molecule has 0 fully saturated rings. The Balaban J connectivity index is 2.41. The first-order valence-corrected chi connectivity index (χ1v) is 6.15. The molecule has 0 bridgehead atoms. The van der Waals surface area contributed by atoms with E-state index in [-0.39, 0.29) is 5.60 Å². The SMILES string of the molecule is CNCC(O)c1cc(Cl)cc2c1OC(C)(C)C2. The Morgan fingerprint density at radius 1 is 1.53 bits per heavy atom. The second-order valence-electron chi connectivity index (χ2n) is 5.10. The van der Waals surface area contributed by atoms with Crippen LogP contribution in [0.4, 0.5) is 0 Å². The number of hydrogen-bond acceptors (Lipinski definition) is 3. The summed E-state index contributed by atoms with van der Waals surface area (Å²) >= 11 is 6.08. The topological polar surface area (TPSA) is 41.5 Å². The molecule has 0 aromatic heterocycles. The van der Waals surface area contributed by atoms with E-state index in [1.54, 1.807) is 13.1 Å². The summed E-state index contributed by atoms with van der Waals surface area (Å²) in [6, 6.07) is 3.70. The van der Waals surface area contributed by atoms with Gasteiger partial charge in [-0.05, 0) is 38.6 Å². The molecule has 1 atom stereocenters. The number of nitrogens with one attached hydrogen (secondary N) is 1. The van der Waals surface area contributed by atoms with Gasteiger partial charge in [0.1, 0.15) is 11.4 Å². The average molecular weight is 256 g/mol. The van der Waals surface area contributed by atoms with Crippen molar-refractivity contribution in [2.45, 2.75) is 32.0 Å². The molecular formula is C13H18ClNO2. The molecule has 17 heavy (non-hydrogen) atoms.